The van der Waals surface area contributed by atoms with Crippen LogP contribution in [0.15, 0.2) is 6.07 Å². The molecule has 1 aromatic rings. The highest BCUT2D eigenvalue weighted by Gasteiger charge is 2.34. The fourth-order valence-corrected chi connectivity index (χ4v) is 3.62. The maximum absolute atomic E-state index is 11.4. The molecule has 1 aromatic heterocycles. The predicted octanol–water partition coefficient (Wildman–Crippen LogP) is 1.78. The van der Waals surface area contributed by atoms with Crippen LogP contribution in [0, 0.1) is 5.92 Å². The first kappa shape index (κ1) is 14.7. The highest BCUT2D eigenvalue weighted by atomic mass is 35.5. The zero-order valence-corrected chi connectivity index (χ0v) is 12.9. The minimum absolute atomic E-state index is 0.155. The molecule has 2 fully saturated rings. The number of aromatic nitrogens is 1. The van der Waals surface area contributed by atoms with Crippen molar-refractivity contribution >= 4 is 40.7 Å². The summed E-state index contributed by atoms with van der Waals surface area (Å²) < 4.78 is 0. The Morgan fingerprint density at radius 3 is 2.95 bits per heavy atom. The summed E-state index contributed by atoms with van der Waals surface area (Å²) >= 11 is 12.3. The number of carbonyl (C=O) groups is 1. The molecule has 2 saturated heterocycles. The zero-order valence-electron chi connectivity index (χ0n) is 11.4. The van der Waals surface area contributed by atoms with Crippen molar-refractivity contribution in [3.8, 4) is 0 Å². The monoisotopic (exact) mass is 329 g/mol. The zero-order chi connectivity index (χ0) is 15.0. The molecule has 3 heterocycles. The molecule has 0 aromatic carbocycles. The number of nitrogens with one attached hydrogen (secondary N) is 2. The molecule has 2 atom stereocenters. The number of carbonyl (C=O) groups excluding carboxylic acids is 1. The summed E-state index contributed by atoms with van der Waals surface area (Å²) in [6.07, 6.45) is 2.38. The van der Waals surface area contributed by atoms with Gasteiger partial charge in [-0.15, -0.1) is 0 Å². The second-order valence-electron chi connectivity index (χ2n) is 5.48. The van der Waals surface area contributed by atoms with E-state index in [1.54, 1.807) is 6.07 Å². The number of hydrogen-bond acceptors (Lipinski definition) is 5. The lowest BCUT2D eigenvalue weighted by Crippen LogP contribution is -2.54. The number of amides is 1. The fourth-order valence-electron chi connectivity index (χ4n) is 3.08. The van der Waals surface area contributed by atoms with Crippen molar-refractivity contribution < 1.29 is 4.79 Å². The van der Waals surface area contributed by atoms with Gasteiger partial charge in [-0.2, -0.15) is 0 Å². The Morgan fingerprint density at radius 2 is 2.19 bits per heavy atom. The maximum Gasteiger partial charge on any atom is 0.220 e. The number of nitrogens with two attached hydrogens (primary N) is 1. The van der Waals surface area contributed by atoms with Crippen molar-refractivity contribution in [2.45, 2.75) is 25.3 Å². The molecule has 0 spiro atoms. The third kappa shape index (κ3) is 2.88. The number of nitrogens with zero attached hydrogens (tertiary/aromatic N) is 2. The van der Waals surface area contributed by atoms with Gasteiger partial charge in [-0.3, -0.25) is 4.79 Å². The van der Waals surface area contributed by atoms with Crippen LogP contribution in [-0.4, -0.2) is 30.0 Å². The molecular formula is C13H17Cl2N5O. The number of halogens is 2. The number of pyridine rings is 1. The van der Waals surface area contributed by atoms with E-state index in [4.69, 9.17) is 29.0 Å². The van der Waals surface area contributed by atoms with E-state index in [0.29, 0.717) is 34.0 Å². The Kier molecular flexibility index (Phi) is 4.10. The van der Waals surface area contributed by atoms with Gasteiger partial charge in [0.2, 0.25) is 5.91 Å². The number of fused-ring (bicyclic) bond motifs is 1. The number of rotatable bonds is 2. The lowest BCUT2D eigenvalue weighted by Gasteiger charge is -2.42. The van der Waals surface area contributed by atoms with E-state index in [0.717, 1.165) is 25.9 Å². The molecule has 21 heavy (non-hydrogen) atoms. The molecular weight excluding hydrogens is 313 g/mol. The predicted molar refractivity (Wildman–Crippen MR) is 83.6 cm³/mol. The second kappa shape index (κ2) is 5.87. The second-order valence-corrected chi connectivity index (χ2v) is 6.29. The van der Waals surface area contributed by atoms with Gasteiger partial charge in [0.1, 0.15) is 5.82 Å². The van der Waals surface area contributed by atoms with Gasteiger partial charge >= 0.3 is 0 Å². The van der Waals surface area contributed by atoms with E-state index < -0.39 is 0 Å². The van der Waals surface area contributed by atoms with Gasteiger partial charge < -0.3 is 15.6 Å². The van der Waals surface area contributed by atoms with Gasteiger partial charge in [0, 0.05) is 25.6 Å². The Balaban J connectivity index is 1.81. The van der Waals surface area contributed by atoms with E-state index in [1.165, 1.54) is 0 Å². The molecule has 3 rings (SSSR count). The van der Waals surface area contributed by atoms with Gasteiger partial charge in [-0.25, -0.2) is 10.8 Å². The normalized spacial score (nSPS) is 25.3. The largest absolute Gasteiger partial charge is 0.355 e. The van der Waals surface area contributed by atoms with Crippen LogP contribution in [0.25, 0.3) is 0 Å². The smallest absolute Gasteiger partial charge is 0.220 e. The number of anilines is 2. The summed E-state index contributed by atoms with van der Waals surface area (Å²) in [4.78, 5) is 18.0. The number of hydrogen-bond donors (Lipinski definition) is 3. The van der Waals surface area contributed by atoms with E-state index in [9.17, 15) is 4.79 Å². The minimum Gasteiger partial charge on any atom is -0.355 e. The molecule has 0 aliphatic carbocycles. The SMILES string of the molecule is NNc1nc(N2CCC3NC(=O)CCC3C2)c(Cl)cc1Cl. The maximum atomic E-state index is 11.4. The molecule has 0 saturated carbocycles. The van der Waals surface area contributed by atoms with Crippen LogP contribution in [0.2, 0.25) is 10.0 Å². The Labute approximate surface area is 132 Å². The molecule has 0 bridgehead atoms. The van der Waals surface area contributed by atoms with Crippen molar-refractivity contribution in [1.29, 1.82) is 0 Å². The van der Waals surface area contributed by atoms with Gasteiger partial charge in [0.05, 0.1) is 10.0 Å². The Hall–Kier alpha value is -1.24. The van der Waals surface area contributed by atoms with Crippen LogP contribution in [0.5, 0.6) is 0 Å². The highest BCUT2D eigenvalue weighted by Crippen LogP contribution is 2.34. The van der Waals surface area contributed by atoms with Gasteiger partial charge in [-0.05, 0) is 24.8 Å². The van der Waals surface area contributed by atoms with Crippen LogP contribution >= 0.6 is 23.2 Å². The van der Waals surface area contributed by atoms with Crippen molar-refractivity contribution in [1.82, 2.24) is 10.3 Å². The van der Waals surface area contributed by atoms with Crippen molar-refractivity contribution in [3.05, 3.63) is 16.1 Å². The van der Waals surface area contributed by atoms with Gasteiger partial charge in [-0.1, -0.05) is 23.2 Å². The molecule has 4 N–H and O–H groups in total. The quantitative estimate of drug-likeness (QED) is 0.569. The van der Waals surface area contributed by atoms with Crippen LogP contribution in [0.1, 0.15) is 19.3 Å². The van der Waals surface area contributed by atoms with Crippen molar-refractivity contribution in [2.75, 3.05) is 23.4 Å². The molecule has 114 valence electrons. The molecule has 6 nitrogen and oxygen atoms in total. The lowest BCUT2D eigenvalue weighted by molar-refractivity contribution is -0.124. The van der Waals surface area contributed by atoms with E-state index in [1.807, 2.05) is 0 Å². The molecule has 0 radical (unpaired) electrons. The van der Waals surface area contributed by atoms with Crippen LogP contribution in [0.4, 0.5) is 11.6 Å². The van der Waals surface area contributed by atoms with E-state index in [-0.39, 0.29) is 11.9 Å². The lowest BCUT2D eigenvalue weighted by atomic mass is 9.85. The summed E-state index contributed by atoms with van der Waals surface area (Å²) in [5.74, 6) is 7.10. The minimum atomic E-state index is 0.155. The van der Waals surface area contributed by atoms with Crippen molar-refractivity contribution in [2.24, 2.45) is 11.8 Å². The van der Waals surface area contributed by atoms with E-state index >= 15 is 0 Å². The summed E-state index contributed by atoms with van der Waals surface area (Å²) in [5, 5.41) is 3.97. The summed E-state index contributed by atoms with van der Waals surface area (Å²) in [7, 11) is 0. The molecule has 2 unspecified atom stereocenters. The standard InChI is InChI=1S/C13H17Cl2N5O/c14-8-5-9(15)13(18-12(8)19-16)20-4-3-10-7(6-20)1-2-11(21)17-10/h5,7,10H,1-4,6,16H2,(H,17,21)(H,18,19). The fraction of sp³-hybridized carbons (Fsp3) is 0.538. The molecule has 2 aliphatic rings. The average Bonchev–Trinajstić information content (AvgIpc) is 2.47. The third-order valence-electron chi connectivity index (χ3n) is 4.17. The first-order chi connectivity index (χ1) is 10.1. The van der Waals surface area contributed by atoms with E-state index in [2.05, 4.69) is 20.6 Å². The van der Waals surface area contributed by atoms with Crippen LogP contribution < -0.4 is 21.5 Å². The van der Waals surface area contributed by atoms with Gasteiger partial charge in [0.25, 0.3) is 0 Å². The van der Waals surface area contributed by atoms with Gasteiger partial charge in [0.15, 0.2) is 5.82 Å². The Morgan fingerprint density at radius 1 is 1.38 bits per heavy atom. The number of nitrogen functional groups attached to an aromatic ring is 1. The van der Waals surface area contributed by atoms with Crippen molar-refractivity contribution in [3.63, 3.8) is 0 Å². The third-order valence-corrected chi connectivity index (χ3v) is 4.74. The molecule has 8 heteroatoms. The summed E-state index contributed by atoms with van der Waals surface area (Å²) in [5.41, 5.74) is 2.48. The number of hydrazine groups is 1. The first-order valence-corrected chi connectivity index (χ1v) is 7.71. The summed E-state index contributed by atoms with van der Waals surface area (Å²) in [6, 6.07) is 1.91. The first-order valence-electron chi connectivity index (χ1n) is 6.95. The number of piperidine rings is 2. The van der Waals surface area contributed by atoms with Crippen LogP contribution in [0.3, 0.4) is 0 Å². The average molecular weight is 330 g/mol. The molecule has 1 amide bonds. The Bertz CT molecular complexity index is 568. The summed E-state index contributed by atoms with van der Waals surface area (Å²) in [6.45, 7) is 1.61. The molecule has 2 aliphatic heterocycles. The highest BCUT2D eigenvalue weighted by molar-refractivity contribution is 6.37. The topological polar surface area (TPSA) is 83.3 Å². The van der Waals surface area contributed by atoms with Crippen LogP contribution in [-0.2, 0) is 4.79 Å².